The van der Waals surface area contributed by atoms with Crippen molar-refractivity contribution < 1.29 is 23.8 Å². The van der Waals surface area contributed by atoms with E-state index in [4.69, 9.17) is 14.6 Å². The van der Waals surface area contributed by atoms with Crippen LogP contribution in [0.4, 0.5) is 9.18 Å². The van der Waals surface area contributed by atoms with Gasteiger partial charge >= 0.3 is 6.09 Å². The van der Waals surface area contributed by atoms with Crippen LogP contribution in [-0.4, -0.2) is 36.9 Å². The number of aromatic nitrogens is 1. The van der Waals surface area contributed by atoms with E-state index in [1.54, 1.807) is 32.4 Å². The molecule has 0 fully saturated rings. The lowest BCUT2D eigenvalue weighted by Crippen LogP contribution is -2.23. The smallest absolute Gasteiger partial charge is 0.404 e. The fourth-order valence-electron chi connectivity index (χ4n) is 2.82. The van der Waals surface area contributed by atoms with E-state index < -0.39 is 12.4 Å². The van der Waals surface area contributed by atoms with Crippen LogP contribution in [0.5, 0.6) is 0 Å². The predicted octanol–water partition coefficient (Wildman–Crippen LogP) is 5.20. The van der Waals surface area contributed by atoms with Gasteiger partial charge in [0.05, 0.1) is 14.9 Å². The van der Waals surface area contributed by atoms with Crippen LogP contribution in [0.25, 0.3) is 11.3 Å². The summed E-state index contributed by atoms with van der Waals surface area (Å²) >= 11 is 2.90. The molecule has 158 valence electrons. The van der Waals surface area contributed by atoms with E-state index in [0.717, 1.165) is 19.7 Å². The molecule has 0 aliphatic rings. The molecule has 0 atom stereocenters. The molecule has 3 aromatic rings. The molecule has 3 rings (SSSR count). The van der Waals surface area contributed by atoms with Crippen molar-refractivity contribution in [2.45, 2.75) is 21.8 Å². The van der Waals surface area contributed by atoms with E-state index in [2.05, 4.69) is 10.3 Å². The van der Waals surface area contributed by atoms with Crippen molar-refractivity contribution in [2.75, 3.05) is 20.8 Å². The SMILES string of the molecule is COC(OC)c1cccc(Sc2sc(CCNC(=O)O)nc2-c2ccccc2F)c1. The molecule has 0 spiro atoms. The minimum absolute atomic E-state index is 0.239. The lowest BCUT2D eigenvalue weighted by atomic mass is 10.1. The van der Waals surface area contributed by atoms with Crippen molar-refractivity contribution in [3.8, 4) is 11.3 Å². The first-order valence-corrected chi connectivity index (χ1v) is 10.7. The number of hydrogen-bond acceptors (Lipinski definition) is 6. The summed E-state index contributed by atoms with van der Waals surface area (Å²) < 4.78 is 25.9. The Morgan fingerprint density at radius 1 is 1.23 bits per heavy atom. The zero-order chi connectivity index (χ0) is 21.5. The minimum atomic E-state index is -1.09. The first-order valence-electron chi connectivity index (χ1n) is 9.06. The first kappa shape index (κ1) is 22.2. The number of nitrogens with one attached hydrogen (secondary N) is 1. The molecule has 0 aliphatic heterocycles. The summed E-state index contributed by atoms with van der Waals surface area (Å²) in [5.74, 6) is -0.354. The summed E-state index contributed by atoms with van der Waals surface area (Å²) in [7, 11) is 3.15. The van der Waals surface area contributed by atoms with Crippen LogP contribution in [0.2, 0.25) is 0 Å². The topological polar surface area (TPSA) is 80.7 Å². The first-order chi connectivity index (χ1) is 14.5. The summed E-state index contributed by atoms with van der Waals surface area (Å²) in [4.78, 5) is 16.2. The maximum Gasteiger partial charge on any atom is 0.404 e. The monoisotopic (exact) mass is 448 g/mol. The molecule has 0 saturated carbocycles. The summed E-state index contributed by atoms with van der Waals surface area (Å²) in [5, 5.41) is 11.8. The van der Waals surface area contributed by atoms with Gasteiger partial charge in [0.2, 0.25) is 0 Å². The lowest BCUT2D eigenvalue weighted by molar-refractivity contribution is -0.106. The quantitative estimate of drug-likeness (QED) is 0.438. The lowest BCUT2D eigenvalue weighted by Gasteiger charge is -2.14. The van der Waals surface area contributed by atoms with Crippen molar-refractivity contribution >= 4 is 29.2 Å². The normalized spacial score (nSPS) is 11.1. The number of benzene rings is 2. The molecule has 0 radical (unpaired) electrons. The zero-order valence-electron chi connectivity index (χ0n) is 16.4. The molecule has 2 N–H and O–H groups in total. The Bertz CT molecular complexity index is 1010. The highest BCUT2D eigenvalue weighted by molar-refractivity contribution is 8.01. The summed E-state index contributed by atoms with van der Waals surface area (Å²) in [5.41, 5.74) is 1.83. The van der Waals surface area contributed by atoms with Gasteiger partial charge in [-0.3, -0.25) is 0 Å². The Labute approximate surface area is 182 Å². The van der Waals surface area contributed by atoms with Gasteiger partial charge in [0.1, 0.15) is 5.82 Å². The molecule has 0 bridgehead atoms. The molecular formula is C21H21FN2O4S2. The Morgan fingerprint density at radius 2 is 2.00 bits per heavy atom. The van der Waals surface area contributed by atoms with Crippen LogP contribution in [-0.2, 0) is 15.9 Å². The number of rotatable bonds is 9. The largest absolute Gasteiger partial charge is 0.465 e. The molecule has 1 heterocycles. The fraction of sp³-hybridized carbons (Fsp3) is 0.238. The van der Waals surface area contributed by atoms with Crippen molar-refractivity contribution in [2.24, 2.45) is 0 Å². The second-order valence-electron chi connectivity index (χ2n) is 6.18. The van der Waals surface area contributed by atoms with Crippen LogP contribution in [0.1, 0.15) is 16.9 Å². The van der Waals surface area contributed by atoms with E-state index in [-0.39, 0.29) is 12.4 Å². The average Bonchev–Trinajstić information content (AvgIpc) is 3.11. The van der Waals surface area contributed by atoms with Gasteiger partial charge in [-0.25, -0.2) is 14.2 Å². The number of hydrogen-bond donors (Lipinski definition) is 2. The molecule has 9 heteroatoms. The van der Waals surface area contributed by atoms with Crippen LogP contribution < -0.4 is 5.32 Å². The van der Waals surface area contributed by atoms with Gasteiger partial charge < -0.3 is 19.9 Å². The molecule has 1 amide bonds. The van der Waals surface area contributed by atoms with Crippen LogP contribution in [0.3, 0.4) is 0 Å². The number of amides is 1. The Hall–Kier alpha value is -2.46. The number of methoxy groups -OCH3 is 2. The molecule has 6 nitrogen and oxygen atoms in total. The van der Waals surface area contributed by atoms with E-state index in [0.29, 0.717) is 17.7 Å². The highest BCUT2D eigenvalue weighted by atomic mass is 32.2. The fourth-order valence-corrected chi connectivity index (χ4v) is 5.18. The van der Waals surface area contributed by atoms with Crippen LogP contribution in [0, 0.1) is 5.82 Å². The van der Waals surface area contributed by atoms with Crippen molar-refractivity contribution in [3.63, 3.8) is 0 Å². The molecule has 0 aliphatic carbocycles. The van der Waals surface area contributed by atoms with Crippen LogP contribution in [0.15, 0.2) is 57.6 Å². The number of halogens is 1. The van der Waals surface area contributed by atoms with Gasteiger partial charge in [-0.1, -0.05) is 36.0 Å². The van der Waals surface area contributed by atoms with Crippen LogP contribution >= 0.6 is 23.1 Å². The van der Waals surface area contributed by atoms with Gasteiger partial charge in [-0.2, -0.15) is 0 Å². The second kappa shape index (κ2) is 10.5. The maximum absolute atomic E-state index is 14.5. The average molecular weight is 449 g/mol. The predicted molar refractivity (Wildman–Crippen MR) is 115 cm³/mol. The Morgan fingerprint density at radius 3 is 2.70 bits per heavy atom. The summed E-state index contributed by atoms with van der Waals surface area (Å²) in [6, 6.07) is 14.2. The van der Waals surface area contributed by atoms with E-state index in [1.165, 1.54) is 29.2 Å². The molecular weight excluding hydrogens is 427 g/mol. The number of carboxylic acid groups (broad SMARTS) is 1. The van der Waals surface area contributed by atoms with Gasteiger partial charge in [0, 0.05) is 43.2 Å². The molecule has 0 unspecified atom stereocenters. The number of thiazole rings is 1. The molecule has 0 saturated heterocycles. The number of nitrogens with zero attached hydrogens (tertiary/aromatic N) is 1. The maximum atomic E-state index is 14.5. The minimum Gasteiger partial charge on any atom is -0.465 e. The van der Waals surface area contributed by atoms with Crippen molar-refractivity contribution in [1.29, 1.82) is 0 Å². The molecule has 30 heavy (non-hydrogen) atoms. The summed E-state index contributed by atoms with van der Waals surface area (Å²) in [6.07, 6.45) is -1.14. The van der Waals surface area contributed by atoms with Gasteiger partial charge in [0.15, 0.2) is 6.29 Å². The molecule has 2 aromatic carbocycles. The van der Waals surface area contributed by atoms with E-state index >= 15 is 0 Å². The third kappa shape index (κ3) is 5.57. The van der Waals surface area contributed by atoms with E-state index in [1.807, 2.05) is 24.3 Å². The van der Waals surface area contributed by atoms with Crippen molar-refractivity contribution in [1.82, 2.24) is 10.3 Å². The highest BCUT2D eigenvalue weighted by Crippen LogP contribution is 2.41. The summed E-state index contributed by atoms with van der Waals surface area (Å²) in [6.45, 7) is 0.239. The Kier molecular flexibility index (Phi) is 7.81. The molecule has 1 aromatic heterocycles. The van der Waals surface area contributed by atoms with Crippen molar-refractivity contribution in [3.05, 3.63) is 64.9 Å². The third-order valence-electron chi connectivity index (χ3n) is 4.15. The standard InChI is InChI=1S/C21H21FN2O4S2/c1-27-19(28-2)13-6-5-7-14(12-13)29-20-18(15-8-3-4-9-16(15)22)24-17(30-20)10-11-23-21(25)26/h3-9,12,19,23H,10-11H2,1-2H3,(H,25,26). The van der Waals surface area contributed by atoms with Gasteiger partial charge in [-0.15, -0.1) is 11.3 Å². The Balaban J connectivity index is 1.92. The third-order valence-corrected chi connectivity index (χ3v) is 6.43. The van der Waals surface area contributed by atoms with Gasteiger partial charge in [0.25, 0.3) is 0 Å². The van der Waals surface area contributed by atoms with E-state index in [9.17, 15) is 9.18 Å². The number of ether oxygens (including phenoxy) is 2. The highest BCUT2D eigenvalue weighted by Gasteiger charge is 2.18. The van der Waals surface area contributed by atoms with Gasteiger partial charge in [-0.05, 0) is 24.3 Å². The zero-order valence-corrected chi connectivity index (χ0v) is 18.1. The second-order valence-corrected chi connectivity index (χ2v) is 8.61. The number of carbonyl (C=O) groups is 1.